The summed E-state index contributed by atoms with van der Waals surface area (Å²) in [4.78, 5) is 0.250. The average Bonchev–Trinajstić information content (AvgIpc) is 2.39. The van der Waals surface area contributed by atoms with E-state index in [0.717, 1.165) is 14.5 Å². The highest BCUT2D eigenvalue weighted by Crippen LogP contribution is 2.24. The molecule has 0 aliphatic carbocycles. The number of hydrogen-bond acceptors (Lipinski definition) is 2. The molecule has 0 bridgehead atoms. The third-order valence-corrected chi connectivity index (χ3v) is 5.64. The van der Waals surface area contributed by atoms with Gasteiger partial charge in [0.05, 0.1) is 4.90 Å². The van der Waals surface area contributed by atoms with Crippen molar-refractivity contribution in [3.63, 3.8) is 0 Å². The van der Waals surface area contributed by atoms with Crippen molar-refractivity contribution in [3.8, 4) is 0 Å². The largest absolute Gasteiger partial charge is 0.241 e. The van der Waals surface area contributed by atoms with Crippen molar-refractivity contribution in [1.82, 2.24) is 4.72 Å². The van der Waals surface area contributed by atoms with Gasteiger partial charge >= 0.3 is 0 Å². The summed E-state index contributed by atoms with van der Waals surface area (Å²) in [7, 11) is -3.53. The minimum absolute atomic E-state index is 0.250. The maximum atomic E-state index is 12.3. The van der Waals surface area contributed by atoms with Gasteiger partial charge in [-0.25, -0.2) is 13.1 Å². The second kappa shape index (κ2) is 6.39. The maximum Gasteiger partial charge on any atom is 0.241 e. The van der Waals surface area contributed by atoms with Crippen LogP contribution in [0.1, 0.15) is 18.5 Å². The molecule has 0 saturated carbocycles. The third-order valence-electron chi connectivity index (χ3n) is 2.83. The Hall–Kier alpha value is -0.690. The van der Waals surface area contributed by atoms with Gasteiger partial charge in [-0.05, 0) is 42.8 Å². The molecule has 1 N–H and O–H groups in total. The monoisotopic (exact) mass is 417 g/mol. The third kappa shape index (κ3) is 3.69. The number of benzene rings is 2. The quantitative estimate of drug-likeness (QED) is 0.806. The van der Waals surface area contributed by atoms with Gasteiger partial charge in [0.15, 0.2) is 0 Å². The highest BCUT2D eigenvalue weighted by molar-refractivity contribution is 9.10. The number of rotatable bonds is 4. The summed E-state index contributed by atoms with van der Waals surface area (Å²) < 4.78 is 29.0. The van der Waals surface area contributed by atoms with Crippen LogP contribution in [0.5, 0.6) is 0 Å². The van der Waals surface area contributed by atoms with Crippen LogP contribution in [0.15, 0.2) is 62.4 Å². The minimum atomic E-state index is -3.53. The van der Waals surface area contributed by atoms with E-state index in [0.29, 0.717) is 0 Å². The van der Waals surface area contributed by atoms with E-state index in [2.05, 4.69) is 36.6 Å². The van der Waals surface area contributed by atoms with E-state index < -0.39 is 10.0 Å². The van der Waals surface area contributed by atoms with Crippen LogP contribution in [0.3, 0.4) is 0 Å². The summed E-state index contributed by atoms with van der Waals surface area (Å²) in [5.74, 6) is 0. The summed E-state index contributed by atoms with van der Waals surface area (Å²) in [6.07, 6.45) is 0. The number of nitrogens with one attached hydrogen (secondary N) is 1. The summed E-state index contributed by atoms with van der Waals surface area (Å²) in [6.45, 7) is 1.82. The first-order valence-corrected chi connectivity index (χ1v) is 8.99. The molecule has 6 heteroatoms. The molecule has 2 aromatic carbocycles. The van der Waals surface area contributed by atoms with Crippen LogP contribution < -0.4 is 4.72 Å². The van der Waals surface area contributed by atoms with Crippen LogP contribution in [-0.2, 0) is 10.0 Å². The zero-order valence-electron chi connectivity index (χ0n) is 10.7. The minimum Gasteiger partial charge on any atom is -0.207 e. The van der Waals surface area contributed by atoms with Crippen molar-refractivity contribution in [2.75, 3.05) is 0 Å². The fourth-order valence-corrected chi connectivity index (χ4v) is 3.92. The summed E-state index contributed by atoms with van der Waals surface area (Å²) >= 11 is 6.72. The molecule has 0 fully saturated rings. The van der Waals surface area contributed by atoms with E-state index in [1.165, 1.54) is 0 Å². The zero-order valence-corrected chi connectivity index (χ0v) is 14.7. The lowest BCUT2D eigenvalue weighted by atomic mass is 10.1. The van der Waals surface area contributed by atoms with Gasteiger partial charge in [-0.2, -0.15) is 0 Å². The predicted molar refractivity (Wildman–Crippen MR) is 87.0 cm³/mol. The van der Waals surface area contributed by atoms with E-state index in [9.17, 15) is 8.42 Å². The van der Waals surface area contributed by atoms with Crippen LogP contribution in [0.4, 0.5) is 0 Å². The smallest absolute Gasteiger partial charge is 0.207 e. The Kier molecular flexibility index (Phi) is 5.01. The highest BCUT2D eigenvalue weighted by atomic mass is 79.9. The van der Waals surface area contributed by atoms with Crippen LogP contribution in [0.2, 0.25) is 0 Å². The first-order valence-electron chi connectivity index (χ1n) is 5.92. The second-order valence-electron chi connectivity index (χ2n) is 4.32. The zero-order chi connectivity index (χ0) is 14.8. The molecule has 2 rings (SSSR count). The van der Waals surface area contributed by atoms with Crippen molar-refractivity contribution >= 4 is 41.9 Å². The van der Waals surface area contributed by atoms with Crippen LogP contribution in [0, 0.1) is 0 Å². The first kappa shape index (κ1) is 15.7. The molecule has 0 spiro atoms. The van der Waals surface area contributed by atoms with Crippen LogP contribution in [-0.4, -0.2) is 8.42 Å². The second-order valence-corrected chi connectivity index (χ2v) is 7.80. The van der Waals surface area contributed by atoms with Gasteiger partial charge in [0.2, 0.25) is 10.0 Å². The molecule has 20 heavy (non-hydrogen) atoms. The van der Waals surface area contributed by atoms with E-state index in [4.69, 9.17) is 0 Å². The molecule has 1 atom stereocenters. The van der Waals surface area contributed by atoms with Gasteiger partial charge < -0.3 is 0 Å². The van der Waals surface area contributed by atoms with Gasteiger partial charge in [-0.3, -0.25) is 0 Å². The maximum absolute atomic E-state index is 12.3. The Morgan fingerprint density at radius 3 is 2.20 bits per heavy atom. The molecule has 1 unspecified atom stereocenters. The van der Waals surface area contributed by atoms with Crippen molar-refractivity contribution in [3.05, 3.63) is 63.0 Å². The van der Waals surface area contributed by atoms with Crippen molar-refractivity contribution in [1.29, 1.82) is 0 Å². The van der Waals surface area contributed by atoms with E-state index in [1.54, 1.807) is 24.3 Å². The SMILES string of the molecule is CC(NS(=O)(=O)c1ccc(Br)cc1)c1ccccc1Br. The molecular weight excluding hydrogens is 406 g/mol. The molecule has 106 valence electrons. The Morgan fingerprint density at radius 2 is 1.60 bits per heavy atom. The van der Waals surface area contributed by atoms with Crippen molar-refractivity contribution < 1.29 is 8.42 Å². The Balaban J connectivity index is 2.24. The Bertz CT molecular complexity index is 699. The summed E-state index contributed by atoms with van der Waals surface area (Å²) in [5, 5.41) is 0. The average molecular weight is 419 g/mol. The van der Waals surface area contributed by atoms with Crippen molar-refractivity contribution in [2.24, 2.45) is 0 Å². The lowest BCUT2D eigenvalue weighted by Crippen LogP contribution is -2.27. The van der Waals surface area contributed by atoms with Crippen LogP contribution >= 0.6 is 31.9 Å². The first-order chi connectivity index (χ1) is 9.40. The van der Waals surface area contributed by atoms with Gasteiger partial charge in [0, 0.05) is 15.0 Å². The van der Waals surface area contributed by atoms with Gasteiger partial charge in [-0.15, -0.1) is 0 Å². The van der Waals surface area contributed by atoms with Crippen LogP contribution in [0.25, 0.3) is 0 Å². The summed E-state index contributed by atoms with van der Waals surface area (Å²) in [5.41, 5.74) is 0.896. The highest BCUT2D eigenvalue weighted by Gasteiger charge is 2.19. The molecule has 0 radical (unpaired) electrons. The molecule has 2 aromatic rings. The van der Waals surface area contributed by atoms with E-state index >= 15 is 0 Å². The molecule has 0 aromatic heterocycles. The Labute approximate surface area is 135 Å². The molecule has 0 aliphatic rings. The van der Waals surface area contributed by atoms with Crippen molar-refractivity contribution in [2.45, 2.75) is 17.9 Å². The summed E-state index contributed by atoms with van der Waals surface area (Å²) in [6, 6.07) is 13.8. The predicted octanol–water partition coefficient (Wildman–Crippen LogP) is 4.25. The lowest BCUT2D eigenvalue weighted by Gasteiger charge is -2.16. The lowest BCUT2D eigenvalue weighted by molar-refractivity contribution is 0.566. The standard InChI is InChI=1S/C14H13Br2NO2S/c1-10(13-4-2-3-5-14(13)16)17-20(18,19)12-8-6-11(15)7-9-12/h2-10,17H,1H3. The number of hydrogen-bond donors (Lipinski definition) is 1. The fraction of sp³-hybridized carbons (Fsp3) is 0.143. The fourth-order valence-electron chi connectivity index (χ4n) is 1.80. The van der Waals surface area contributed by atoms with E-state index in [1.807, 2.05) is 31.2 Å². The molecule has 0 heterocycles. The topological polar surface area (TPSA) is 46.2 Å². The number of halogens is 2. The van der Waals surface area contributed by atoms with Gasteiger partial charge in [-0.1, -0.05) is 50.1 Å². The molecule has 0 aliphatic heterocycles. The Morgan fingerprint density at radius 1 is 1.00 bits per heavy atom. The molecular formula is C14H13Br2NO2S. The van der Waals surface area contributed by atoms with E-state index in [-0.39, 0.29) is 10.9 Å². The number of sulfonamides is 1. The normalized spacial score (nSPS) is 13.2. The molecule has 0 amide bonds. The van der Waals surface area contributed by atoms with Gasteiger partial charge in [0.25, 0.3) is 0 Å². The molecule has 3 nitrogen and oxygen atoms in total. The van der Waals surface area contributed by atoms with Gasteiger partial charge in [0.1, 0.15) is 0 Å². The molecule has 0 saturated heterocycles.